The fourth-order valence-electron chi connectivity index (χ4n) is 5.27. The van der Waals surface area contributed by atoms with E-state index in [0.29, 0.717) is 11.4 Å². The average Bonchev–Trinajstić information content (AvgIpc) is 3.22. The van der Waals surface area contributed by atoms with Crippen LogP contribution in [0.5, 0.6) is 0 Å². The van der Waals surface area contributed by atoms with Gasteiger partial charge in [-0.2, -0.15) is 5.10 Å². The van der Waals surface area contributed by atoms with E-state index in [1.165, 1.54) is 5.56 Å². The maximum Gasteiger partial charge on any atom is 0.124 e. The minimum atomic E-state index is -1.21. The molecule has 4 rings (SSSR count). The van der Waals surface area contributed by atoms with Crippen LogP contribution >= 0.6 is 0 Å². The molecule has 1 aromatic carbocycles. The van der Waals surface area contributed by atoms with E-state index < -0.39 is 11.2 Å². The highest BCUT2D eigenvalue weighted by molar-refractivity contribution is 5.60. The highest BCUT2D eigenvalue weighted by Crippen LogP contribution is 2.50. The summed E-state index contributed by atoms with van der Waals surface area (Å²) < 4.78 is 0. The van der Waals surface area contributed by atoms with Crippen molar-refractivity contribution >= 4 is 0 Å². The summed E-state index contributed by atoms with van der Waals surface area (Å²) in [5.41, 5.74) is 2.60. The third kappa shape index (κ3) is 4.54. The molecule has 3 heterocycles. The Morgan fingerprint density at radius 1 is 0.971 bits per heavy atom. The number of aliphatic hydroxyl groups is 2. The average molecular weight is 463 g/mol. The van der Waals surface area contributed by atoms with Crippen molar-refractivity contribution < 1.29 is 10.2 Å². The molecule has 3 aromatic rings. The van der Waals surface area contributed by atoms with E-state index in [0.717, 1.165) is 36.2 Å². The molecule has 1 fully saturated rings. The van der Waals surface area contributed by atoms with Crippen LogP contribution in [0.4, 0.5) is 0 Å². The number of nitrogens with one attached hydrogen (secondary N) is 1. The Kier molecular flexibility index (Phi) is 6.00. The lowest BCUT2D eigenvalue weighted by Gasteiger charge is -2.55. The molecule has 0 aliphatic carbocycles. The SMILES string of the molecule is CN1CC(C)(C(O)(c2ccc(CC(C)(C)C)cc2)c2cncc(-c3cc(C(C)(C)O)[nH]n3)c2)C1. The lowest BCUT2D eigenvalue weighted by Crippen LogP contribution is -2.63. The standard InChI is InChI=1S/C28H38N4O2/c1-25(2,3)14-19-8-10-21(11-9-19)28(34,27(6)17-32(7)18-27)22-12-20(15-29-16-22)23-13-24(31-30-23)26(4,5)33/h8-13,15-16,33-34H,14,17-18H2,1-7H3,(H,30,31). The van der Waals surface area contributed by atoms with Crippen molar-refractivity contribution in [2.24, 2.45) is 10.8 Å². The van der Waals surface area contributed by atoms with Crippen molar-refractivity contribution in [1.29, 1.82) is 0 Å². The second-order valence-electron chi connectivity index (χ2n) is 12.1. The lowest BCUT2D eigenvalue weighted by molar-refractivity contribution is -0.127. The van der Waals surface area contributed by atoms with Gasteiger partial charge in [0.2, 0.25) is 0 Å². The second-order valence-corrected chi connectivity index (χ2v) is 12.1. The molecule has 0 radical (unpaired) electrons. The van der Waals surface area contributed by atoms with Gasteiger partial charge < -0.3 is 15.1 Å². The molecular formula is C28H38N4O2. The van der Waals surface area contributed by atoms with Crippen LogP contribution in [0.25, 0.3) is 11.3 Å². The second kappa shape index (κ2) is 8.29. The Morgan fingerprint density at radius 2 is 1.62 bits per heavy atom. The molecule has 1 atom stereocenters. The molecule has 1 saturated heterocycles. The zero-order valence-corrected chi connectivity index (χ0v) is 21.5. The van der Waals surface area contributed by atoms with Gasteiger partial charge in [-0.15, -0.1) is 0 Å². The molecule has 0 saturated carbocycles. The number of aromatic nitrogens is 3. The largest absolute Gasteiger partial charge is 0.384 e. The maximum atomic E-state index is 12.4. The molecule has 0 amide bonds. The van der Waals surface area contributed by atoms with Crippen molar-refractivity contribution in [3.63, 3.8) is 0 Å². The van der Waals surface area contributed by atoms with Gasteiger partial charge in [-0.25, -0.2) is 0 Å². The Labute approximate surface area is 203 Å². The minimum absolute atomic E-state index is 0.199. The lowest BCUT2D eigenvalue weighted by atomic mass is 9.62. The Morgan fingerprint density at radius 3 is 2.15 bits per heavy atom. The van der Waals surface area contributed by atoms with Crippen LogP contribution < -0.4 is 0 Å². The van der Waals surface area contributed by atoms with Gasteiger partial charge in [0.15, 0.2) is 0 Å². The monoisotopic (exact) mass is 462 g/mol. The van der Waals surface area contributed by atoms with Gasteiger partial charge in [-0.3, -0.25) is 10.1 Å². The van der Waals surface area contributed by atoms with Gasteiger partial charge in [0, 0.05) is 42.0 Å². The molecule has 182 valence electrons. The summed E-state index contributed by atoms with van der Waals surface area (Å²) in [6.45, 7) is 13.8. The van der Waals surface area contributed by atoms with E-state index in [1.54, 1.807) is 26.2 Å². The fraction of sp³-hybridized carbons (Fsp3) is 0.500. The fourth-order valence-corrected chi connectivity index (χ4v) is 5.27. The van der Waals surface area contributed by atoms with E-state index in [4.69, 9.17) is 0 Å². The predicted octanol–water partition coefficient (Wildman–Crippen LogP) is 4.48. The molecule has 3 N–H and O–H groups in total. The molecule has 1 aliphatic heterocycles. The first-order chi connectivity index (χ1) is 15.7. The number of benzene rings is 1. The van der Waals surface area contributed by atoms with E-state index in [9.17, 15) is 10.2 Å². The number of rotatable bonds is 6. The van der Waals surface area contributed by atoms with Gasteiger partial charge >= 0.3 is 0 Å². The molecule has 6 nitrogen and oxygen atoms in total. The topological polar surface area (TPSA) is 85.3 Å². The van der Waals surface area contributed by atoms with Gasteiger partial charge in [-0.1, -0.05) is 52.0 Å². The summed E-state index contributed by atoms with van der Waals surface area (Å²) in [6.07, 6.45) is 4.49. The Hall–Kier alpha value is -2.54. The molecule has 2 aromatic heterocycles. The van der Waals surface area contributed by atoms with E-state index in [-0.39, 0.29) is 10.8 Å². The van der Waals surface area contributed by atoms with E-state index in [1.807, 2.05) is 12.1 Å². The predicted molar refractivity (Wildman–Crippen MR) is 135 cm³/mol. The highest BCUT2D eigenvalue weighted by Gasteiger charge is 2.55. The molecular weight excluding hydrogens is 424 g/mol. The van der Waals surface area contributed by atoms with Crippen LogP contribution in [0.3, 0.4) is 0 Å². The molecule has 1 aliphatic rings. The summed E-state index contributed by atoms with van der Waals surface area (Å²) >= 11 is 0. The van der Waals surface area contributed by atoms with Crippen LogP contribution in [-0.4, -0.2) is 50.4 Å². The van der Waals surface area contributed by atoms with Crippen molar-refractivity contribution in [1.82, 2.24) is 20.1 Å². The van der Waals surface area contributed by atoms with Crippen molar-refractivity contribution in [2.75, 3.05) is 20.1 Å². The molecule has 6 heteroatoms. The number of nitrogens with zero attached hydrogens (tertiary/aromatic N) is 3. The smallest absolute Gasteiger partial charge is 0.124 e. The summed E-state index contributed by atoms with van der Waals surface area (Å²) in [5, 5.41) is 30.1. The van der Waals surface area contributed by atoms with Gasteiger partial charge in [0.05, 0.1) is 11.4 Å². The highest BCUT2D eigenvalue weighted by atomic mass is 16.3. The quantitative estimate of drug-likeness (QED) is 0.503. The third-order valence-electron chi connectivity index (χ3n) is 6.91. The first kappa shape index (κ1) is 24.6. The van der Waals surface area contributed by atoms with Crippen LogP contribution in [0, 0.1) is 10.8 Å². The summed E-state index contributed by atoms with van der Waals surface area (Å²) in [4.78, 5) is 6.71. The number of H-pyrrole nitrogens is 1. The van der Waals surface area contributed by atoms with Crippen LogP contribution in [-0.2, 0) is 17.6 Å². The summed E-state index contributed by atoms with van der Waals surface area (Å²) in [6, 6.07) is 12.2. The van der Waals surface area contributed by atoms with Crippen LogP contribution in [0.1, 0.15) is 63.9 Å². The number of aromatic amines is 1. The van der Waals surface area contributed by atoms with Crippen LogP contribution in [0.2, 0.25) is 0 Å². The van der Waals surface area contributed by atoms with Crippen LogP contribution in [0.15, 0.2) is 48.8 Å². The number of hydrogen-bond donors (Lipinski definition) is 3. The summed E-state index contributed by atoms with van der Waals surface area (Å²) in [7, 11) is 2.07. The first-order valence-corrected chi connectivity index (χ1v) is 12.0. The molecule has 34 heavy (non-hydrogen) atoms. The number of hydrogen-bond acceptors (Lipinski definition) is 5. The number of likely N-dealkylation sites (tertiary alicyclic amines) is 1. The number of pyridine rings is 1. The molecule has 0 spiro atoms. The van der Waals surface area contributed by atoms with Gasteiger partial charge in [0.25, 0.3) is 0 Å². The maximum absolute atomic E-state index is 12.4. The van der Waals surface area contributed by atoms with Crippen molar-refractivity contribution in [2.45, 2.75) is 59.2 Å². The normalized spacial score (nSPS) is 18.4. The third-order valence-corrected chi connectivity index (χ3v) is 6.91. The Balaban J connectivity index is 1.77. The first-order valence-electron chi connectivity index (χ1n) is 12.0. The van der Waals surface area contributed by atoms with Gasteiger partial charge in [-0.05, 0) is 56.0 Å². The van der Waals surface area contributed by atoms with Gasteiger partial charge in [0.1, 0.15) is 11.2 Å². The van der Waals surface area contributed by atoms with Crippen molar-refractivity contribution in [3.8, 4) is 11.3 Å². The van der Waals surface area contributed by atoms with E-state index >= 15 is 0 Å². The zero-order valence-electron chi connectivity index (χ0n) is 21.5. The minimum Gasteiger partial charge on any atom is -0.384 e. The van der Waals surface area contributed by atoms with E-state index in [2.05, 4.69) is 79.1 Å². The zero-order chi connectivity index (χ0) is 24.9. The molecule has 1 unspecified atom stereocenters. The molecule has 0 bridgehead atoms. The Bertz CT molecular complexity index is 1150. The van der Waals surface area contributed by atoms with Crippen molar-refractivity contribution in [3.05, 3.63) is 71.2 Å². The summed E-state index contributed by atoms with van der Waals surface area (Å²) in [5.74, 6) is 0.